The van der Waals surface area contributed by atoms with E-state index in [9.17, 15) is 9.18 Å². The van der Waals surface area contributed by atoms with Crippen LogP contribution in [0.4, 0.5) is 4.39 Å². The van der Waals surface area contributed by atoms with Gasteiger partial charge in [0, 0.05) is 11.6 Å². The number of halogens is 4. The molecule has 25 heavy (non-hydrogen) atoms. The van der Waals surface area contributed by atoms with Crippen molar-refractivity contribution in [2.75, 3.05) is 13.1 Å². The van der Waals surface area contributed by atoms with Gasteiger partial charge in [0.1, 0.15) is 5.82 Å². The van der Waals surface area contributed by atoms with Crippen molar-refractivity contribution in [1.82, 2.24) is 10.6 Å². The molecule has 2 aromatic carbocycles. The van der Waals surface area contributed by atoms with Gasteiger partial charge in [-0.1, -0.05) is 29.3 Å². The third-order valence-electron chi connectivity index (χ3n) is 4.13. The Bertz CT molecular complexity index is 764. The molecule has 0 bridgehead atoms. The van der Waals surface area contributed by atoms with E-state index in [2.05, 4.69) is 10.6 Å². The van der Waals surface area contributed by atoms with Gasteiger partial charge >= 0.3 is 0 Å². The average Bonchev–Trinajstić information content (AvgIpc) is 2.58. The van der Waals surface area contributed by atoms with E-state index in [1.54, 1.807) is 18.2 Å². The van der Waals surface area contributed by atoms with Crippen molar-refractivity contribution in [3.05, 3.63) is 57.8 Å². The molecule has 2 N–H and O–H groups in total. The van der Waals surface area contributed by atoms with Crippen molar-refractivity contribution >= 4 is 41.5 Å². The highest BCUT2D eigenvalue weighted by atomic mass is 35.5. The van der Waals surface area contributed by atoms with Gasteiger partial charge in [-0.2, -0.15) is 0 Å². The van der Waals surface area contributed by atoms with Crippen molar-refractivity contribution < 1.29 is 9.18 Å². The number of hydrogen-bond donors (Lipinski definition) is 2. The van der Waals surface area contributed by atoms with Gasteiger partial charge in [0.05, 0.1) is 10.0 Å². The molecule has 0 spiro atoms. The van der Waals surface area contributed by atoms with E-state index in [4.69, 9.17) is 23.2 Å². The summed E-state index contributed by atoms with van der Waals surface area (Å²) in [5, 5.41) is 7.06. The molecule has 134 valence electrons. The number of carbonyl (C=O) groups is 1. The lowest BCUT2D eigenvalue weighted by Crippen LogP contribution is -2.42. The van der Waals surface area contributed by atoms with Crippen molar-refractivity contribution in [3.63, 3.8) is 0 Å². The largest absolute Gasteiger partial charge is 0.349 e. The second-order valence-corrected chi connectivity index (χ2v) is 6.63. The van der Waals surface area contributed by atoms with E-state index in [-0.39, 0.29) is 24.4 Å². The number of amides is 1. The maximum atomic E-state index is 13.7. The monoisotopic (exact) mass is 402 g/mol. The molecule has 0 saturated carbocycles. The fourth-order valence-corrected chi connectivity index (χ4v) is 3.14. The number of nitrogens with one attached hydrogen (secondary N) is 2. The van der Waals surface area contributed by atoms with Crippen LogP contribution < -0.4 is 10.6 Å². The fourth-order valence-electron chi connectivity index (χ4n) is 2.85. The zero-order valence-electron chi connectivity index (χ0n) is 13.3. The van der Waals surface area contributed by atoms with Gasteiger partial charge in [-0.15, -0.1) is 12.4 Å². The van der Waals surface area contributed by atoms with Gasteiger partial charge in [-0.05, 0) is 67.4 Å². The Kier molecular flexibility index (Phi) is 7.08. The Hall–Kier alpha value is -1.33. The second-order valence-electron chi connectivity index (χ2n) is 5.82. The van der Waals surface area contributed by atoms with E-state index in [0.29, 0.717) is 26.7 Å². The van der Waals surface area contributed by atoms with Crippen LogP contribution in [0.2, 0.25) is 10.0 Å². The molecule has 0 unspecified atom stereocenters. The minimum atomic E-state index is -0.408. The van der Waals surface area contributed by atoms with Crippen molar-refractivity contribution in [3.8, 4) is 11.1 Å². The molecule has 0 atom stereocenters. The number of benzene rings is 2. The molecular formula is C18H18Cl3FN2O. The summed E-state index contributed by atoms with van der Waals surface area (Å²) < 4.78 is 13.7. The summed E-state index contributed by atoms with van der Waals surface area (Å²) >= 11 is 12.0. The van der Waals surface area contributed by atoms with Crippen molar-refractivity contribution in [1.29, 1.82) is 0 Å². The van der Waals surface area contributed by atoms with Gasteiger partial charge in [-0.25, -0.2) is 4.39 Å². The van der Waals surface area contributed by atoms with Crippen LogP contribution in [0.1, 0.15) is 23.2 Å². The molecule has 0 aromatic heterocycles. The van der Waals surface area contributed by atoms with E-state index in [1.807, 2.05) is 0 Å². The summed E-state index contributed by atoms with van der Waals surface area (Å²) in [6.45, 7) is 1.77. The van der Waals surface area contributed by atoms with E-state index in [0.717, 1.165) is 25.9 Å². The second kappa shape index (κ2) is 8.86. The van der Waals surface area contributed by atoms with Crippen LogP contribution in [0.5, 0.6) is 0 Å². The SMILES string of the molecule is Cl.O=C(NC1CCNCC1)c1ccc(F)cc1-c1ccc(Cl)c(Cl)c1. The average molecular weight is 404 g/mol. The van der Waals surface area contributed by atoms with Crippen LogP contribution in [0.15, 0.2) is 36.4 Å². The molecule has 7 heteroatoms. The first-order valence-corrected chi connectivity index (χ1v) is 8.57. The summed E-state index contributed by atoms with van der Waals surface area (Å²) in [7, 11) is 0. The quantitative estimate of drug-likeness (QED) is 0.780. The third kappa shape index (κ3) is 4.85. The van der Waals surface area contributed by atoms with Gasteiger partial charge in [0.25, 0.3) is 5.91 Å². The molecule has 3 nitrogen and oxygen atoms in total. The Morgan fingerprint density at radius 1 is 1.08 bits per heavy atom. The molecule has 1 saturated heterocycles. The molecule has 1 amide bonds. The highest BCUT2D eigenvalue weighted by Gasteiger charge is 2.19. The van der Waals surface area contributed by atoms with Crippen LogP contribution in [-0.2, 0) is 0 Å². The molecule has 2 aromatic rings. The Labute approximate surface area is 162 Å². The lowest BCUT2D eigenvalue weighted by Gasteiger charge is -2.24. The zero-order valence-corrected chi connectivity index (χ0v) is 15.6. The lowest BCUT2D eigenvalue weighted by molar-refractivity contribution is 0.0930. The number of hydrogen-bond acceptors (Lipinski definition) is 2. The van der Waals surface area contributed by atoms with Crippen molar-refractivity contribution in [2.45, 2.75) is 18.9 Å². The lowest BCUT2D eigenvalue weighted by atomic mass is 9.98. The highest BCUT2D eigenvalue weighted by Crippen LogP contribution is 2.31. The molecule has 0 radical (unpaired) electrons. The minimum Gasteiger partial charge on any atom is -0.349 e. The topological polar surface area (TPSA) is 41.1 Å². The predicted octanol–water partition coefficient (Wildman–Crippen LogP) is 4.70. The maximum Gasteiger partial charge on any atom is 0.252 e. The Morgan fingerprint density at radius 3 is 2.48 bits per heavy atom. The Morgan fingerprint density at radius 2 is 1.80 bits per heavy atom. The fraction of sp³-hybridized carbons (Fsp3) is 0.278. The highest BCUT2D eigenvalue weighted by molar-refractivity contribution is 6.42. The molecule has 1 aliphatic heterocycles. The molecule has 3 rings (SSSR count). The number of carbonyl (C=O) groups excluding carboxylic acids is 1. The van der Waals surface area contributed by atoms with Gasteiger partial charge < -0.3 is 10.6 Å². The summed E-state index contributed by atoms with van der Waals surface area (Å²) in [4.78, 5) is 12.7. The van der Waals surface area contributed by atoms with Gasteiger partial charge in [0.2, 0.25) is 0 Å². The maximum absolute atomic E-state index is 13.7. The van der Waals surface area contributed by atoms with E-state index >= 15 is 0 Å². The van der Waals surface area contributed by atoms with Crippen LogP contribution in [0.3, 0.4) is 0 Å². The number of piperidine rings is 1. The molecular weight excluding hydrogens is 386 g/mol. The summed E-state index contributed by atoms with van der Waals surface area (Å²) in [5.41, 5.74) is 1.58. The predicted molar refractivity (Wildman–Crippen MR) is 102 cm³/mol. The molecule has 0 aliphatic carbocycles. The van der Waals surface area contributed by atoms with Crippen LogP contribution in [0, 0.1) is 5.82 Å². The van der Waals surface area contributed by atoms with Gasteiger partial charge in [-0.3, -0.25) is 4.79 Å². The molecule has 1 heterocycles. The first-order valence-electron chi connectivity index (χ1n) is 7.81. The summed E-state index contributed by atoms with van der Waals surface area (Å²) in [6, 6.07) is 9.27. The van der Waals surface area contributed by atoms with Crippen LogP contribution in [0.25, 0.3) is 11.1 Å². The third-order valence-corrected chi connectivity index (χ3v) is 4.87. The standard InChI is InChI=1S/C18H17Cl2FN2O.ClH/c19-16-4-1-11(9-17(16)20)15-10-12(21)2-3-14(15)18(24)23-13-5-7-22-8-6-13;/h1-4,9-10,13,22H,5-8H2,(H,23,24);1H. The molecule has 1 fully saturated rings. The minimum absolute atomic E-state index is 0. The smallest absolute Gasteiger partial charge is 0.252 e. The normalized spacial score (nSPS) is 14.7. The zero-order chi connectivity index (χ0) is 17.1. The van der Waals surface area contributed by atoms with Gasteiger partial charge in [0.15, 0.2) is 0 Å². The first-order chi connectivity index (χ1) is 11.5. The van der Waals surface area contributed by atoms with Crippen LogP contribution >= 0.6 is 35.6 Å². The number of rotatable bonds is 3. The van der Waals surface area contributed by atoms with Crippen molar-refractivity contribution in [2.24, 2.45) is 0 Å². The van der Waals surface area contributed by atoms with E-state index < -0.39 is 5.82 Å². The molecule has 1 aliphatic rings. The first kappa shape index (κ1) is 20.0. The van der Waals surface area contributed by atoms with E-state index in [1.165, 1.54) is 18.2 Å². The summed E-state index contributed by atoms with van der Waals surface area (Å²) in [6.07, 6.45) is 1.77. The Balaban J connectivity index is 0.00000225. The van der Waals surface area contributed by atoms with Crippen LogP contribution in [-0.4, -0.2) is 25.0 Å². The summed E-state index contributed by atoms with van der Waals surface area (Å²) in [5.74, 6) is -0.613.